The lowest BCUT2D eigenvalue weighted by atomic mass is 9.97. The fourth-order valence-corrected chi connectivity index (χ4v) is 5.45. The smallest absolute Gasteiger partial charge is 0.336 e. The fourth-order valence-electron chi connectivity index (χ4n) is 2.58. The van der Waals surface area contributed by atoms with Crippen LogP contribution in [-0.2, 0) is 10.0 Å². The Labute approximate surface area is 148 Å². The molecule has 1 saturated heterocycles. The number of halogens is 1. The summed E-state index contributed by atoms with van der Waals surface area (Å²) in [6.07, 6.45) is 4.29. The molecule has 0 amide bonds. The van der Waals surface area contributed by atoms with E-state index in [1.165, 1.54) is 28.1 Å². The summed E-state index contributed by atoms with van der Waals surface area (Å²) in [7, 11) is -3.66. The molecule has 1 fully saturated rings. The minimum Gasteiger partial charge on any atom is -0.478 e. The van der Waals surface area contributed by atoms with Gasteiger partial charge >= 0.3 is 5.97 Å². The normalized spacial score (nSPS) is 17.0. The second kappa shape index (κ2) is 6.75. The third kappa shape index (κ3) is 3.44. The molecular formula is C14H14ClN3O4S2. The Balaban J connectivity index is 1.71. The van der Waals surface area contributed by atoms with E-state index in [1.807, 2.05) is 0 Å². The zero-order chi connectivity index (χ0) is 17.3. The molecule has 1 aliphatic rings. The summed E-state index contributed by atoms with van der Waals surface area (Å²) in [5.41, 5.74) is -0.0111. The number of piperidine rings is 1. The van der Waals surface area contributed by atoms with Crippen LogP contribution in [0.2, 0.25) is 5.02 Å². The molecule has 2 aromatic heterocycles. The molecule has 3 rings (SSSR count). The van der Waals surface area contributed by atoms with Crippen LogP contribution >= 0.6 is 22.9 Å². The van der Waals surface area contributed by atoms with Gasteiger partial charge in [0.1, 0.15) is 10.0 Å². The zero-order valence-electron chi connectivity index (χ0n) is 12.4. The average Bonchev–Trinajstić information content (AvgIpc) is 3.07. The van der Waals surface area contributed by atoms with E-state index in [-0.39, 0.29) is 15.7 Å². The van der Waals surface area contributed by atoms with Crippen molar-refractivity contribution in [3.8, 4) is 0 Å². The van der Waals surface area contributed by atoms with Gasteiger partial charge in [-0.15, -0.1) is 11.3 Å². The molecule has 0 unspecified atom stereocenters. The van der Waals surface area contributed by atoms with Crippen molar-refractivity contribution >= 4 is 38.9 Å². The molecule has 0 radical (unpaired) electrons. The SMILES string of the molecule is O=C(O)c1csc(S(=O)(=O)N2CCC(c3ncc(Cl)cn3)CC2)c1. The number of aromatic nitrogens is 2. The number of rotatable bonds is 4. The van der Waals surface area contributed by atoms with Gasteiger partial charge in [0.15, 0.2) is 0 Å². The van der Waals surface area contributed by atoms with E-state index < -0.39 is 16.0 Å². The maximum atomic E-state index is 12.6. The predicted octanol–water partition coefficient (Wildman–Crippen LogP) is 2.46. The lowest BCUT2D eigenvalue weighted by molar-refractivity contribution is 0.0697. The lowest BCUT2D eigenvalue weighted by Gasteiger charge is -2.30. The summed E-state index contributed by atoms with van der Waals surface area (Å²) in [4.78, 5) is 19.3. The van der Waals surface area contributed by atoms with Gasteiger partial charge in [0.05, 0.1) is 10.6 Å². The first kappa shape index (κ1) is 17.3. The van der Waals surface area contributed by atoms with Crippen LogP contribution < -0.4 is 0 Å². The Bertz CT molecular complexity index is 843. The molecule has 2 aromatic rings. The van der Waals surface area contributed by atoms with Gasteiger partial charge in [0.2, 0.25) is 0 Å². The van der Waals surface area contributed by atoms with E-state index in [0.29, 0.717) is 36.8 Å². The van der Waals surface area contributed by atoms with Gasteiger partial charge in [-0.3, -0.25) is 0 Å². The first-order valence-corrected chi connectivity index (χ1v) is 9.87. The van der Waals surface area contributed by atoms with Crippen LogP contribution in [0.15, 0.2) is 28.0 Å². The van der Waals surface area contributed by atoms with Crippen molar-refractivity contribution in [2.45, 2.75) is 23.0 Å². The molecule has 24 heavy (non-hydrogen) atoms. The molecule has 1 aliphatic heterocycles. The van der Waals surface area contributed by atoms with E-state index in [9.17, 15) is 13.2 Å². The van der Waals surface area contributed by atoms with Crippen LogP contribution in [0.4, 0.5) is 0 Å². The van der Waals surface area contributed by atoms with Crippen molar-refractivity contribution in [1.82, 2.24) is 14.3 Å². The molecule has 0 aliphatic carbocycles. The molecule has 1 N–H and O–H groups in total. The van der Waals surface area contributed by atoms with Gasteiger partial charge in [-0.2, -0.15) is 4.31 Å². The van der Waals surface area contributed by atoms with Gasteiger partial charge in [-0.25, -0.2) is 23.2 Å². The highest BCUT2D eigenvalue weighted by atomic mass is 35.5. The third-order valence-electron chi connectivity index (χ3n) is 3.88. The van der Waals surface area contributed by atoms with Crippen molar-refractivity contribution < 1.29 is 18.3 Å². The van der Waals surface area contributed by atoms with Crippen LogP contribution in [0.3, 0.4) is 0 Å². The zero-order valence-corrected chi connectivity index (χ0v) is 14.8. The maximum absolute atomic E-state index is 12.6. The molecule has 128 valence electrons. The number of carbonyl (C=O) groups is 1. The monoisotopic (exact) mass is 387 g/mol. The highest BCUT2D eigenvalue weighted by molar-refractivity contribution is 7.91. The van der Waals surface area contributed by atoms with Crippen molar-refractivity contribution in [3.63, 3.8) is 0 Å². The maximum Gasteiger partial charge on any atom is 0.336 e. The Morgan fingerprint density at radius 3 is 2.46 bits per heavy atom. The second-order valence-corrected chi connectivity index (χ2v) is 8.91. The van der Waals surface area contributed by atoms with Gasteiger partial charge in [-0.1, -0.05) is 11.6 Å². The van der Waals surface area contributed by atoms with Gasteiger partial charge in [0, 0.05) is 36.8 Å². The number of hydrogen-bond acceptors (Lipinski definition) is 6. The van der Waals surface area contributed by atoms with Crippen molar-refractivity contribution in [1.29, 1.82) is 0 Å². The predicted molar refractivity (Wildman–Crippen MR) is 89.1 cm³/mol. The van der Waals surface area contributed by atoms with Crippen LogP contribution in [0.1, 0.15) is 34.9 Å². The lowest BCUT2D eigenvalue weighted by Crippen LogP contribution is -2.37. The molecule has 0 aromatic carbocycles. The summed E-state index contributed by atoms with van der Waals surface area (Å²) in [5, 5.41) is 10.7. The Morgan fingerprint density at radius 2 is 1.92 bits per heavy atom. The first-order valence-electron chi connectivity index (χ1n) is 7.17. The molecule has 3 heterocycles. The summed E-state index contributed by atoms with van der Waals surface area (Å²) in [5.74, 6) is -0.376. The van der Waals surface area contributed by atoms with E-state index >= 15 is 0 Å². The van der Waals surface area contributed by atoms with E-state index in [2.05, 4.69) is 9.97 Å². The number of sulfonamides is 1. The molecule has 0 saturated carbocycles. The number of carboxylic acids is 1. The summed E-state index contributed by atoms with van der Waals surface area (Å²) < 4.78 is 26.7. The topological polar surface area (TPSA) is 100 Å². The van der Waals surface area contributed by atoms with Crippen LogP contribution in [0, 0.1) is 0 Å². The van der Waals surface area contributed by atoms with Crippen LogP contribution in [-0.4, -0.2) is 46.9 Å². The highest BCUT2D eigenvalue weighted by Crippen LogP contribution is 2.31. The van der Waals surface area contributed by atoms with Gasteiger partial charge in [0.25, 0.3) is 10.0 Å². The van der Waals surface area contributed by atoms with Crippen molar-refractivity contribution in [3.05, 3.63) is 40.3 Å². The summed E-state index contributed by atoms with van der Waals surface area (Å²) >= 11 is 6.70. The number of nitrogens with zero attached hydrogens (tertiary/aromatic N) is 3. The van der Waals surface area contributed by atoms with Crippen molar-refractivity contribution in [2.75, 3.05) is 13.1 Å². The van der Waals surface area contributed by atoms with Crippen LogP contribution in [0.5, 0.6) is 0 Å². The van der Waals surface area contributed by atoms with Crippen molar-refractivity contribution in [2.24, 2.45) is 0 Å². The highest BCUT2D eigenvalue weighted by Gasteiger charge is 2.32. The minimum absolute atomic E-state index is 0.0111. The van der Waals surface area contributed by atoms with Gasteiger partial charge < -0.3 is 5.11 Å². The minimum atomic E-state index is -3.66. The molecule has 0 spiro atoms. The first-order chi connectivity index (χ1) is 11.4. The largest absolute Gasteiger partial charge is 0.478 e. The average molecular weight is 388 g/mol. The molecule has 0 bridgehead atoms. The number of thiophene rings is 1. The Hall–Kier alpha value is -1.55. The number of carboxylic acid groups (broad SMARTS) is 1. The quantitative estimate of drug-likeness (QED) is 0.864. The van der Waals surface area contributed by atoms with Gasteiger partial charge in [-0.05, 0) is 18.9 Å². The van der Waals surface area contributed by atoms with Crippen LogP contribution in [0.25, 0.3) is 0 Å². The third-order valence-corrected chi connectivity index (χ3v) is 7.38. The Morgan fingerprint density at radius 1 is 1.29 bits per heavy atom. The summed E-state index contributed by atoms with van der Waals surface area (Å²) in [6, 6.07) is 1.21. The van der Waals surface area contributed by atoms with E-state index in [4.69, 9.17) is 16.7 Å². The molecule has 0 atom stereocenters. The molecule has 7 nitrogen and oxygen atoms in total. The van der Waals surface area contributed by atoms with E-state index in [1.54, 1.807) is 0 Å². The number of aromatic carboxylic acids is 1. The standard InChI is InChI=1S/C14H14ClN3O4S2/c15-11-6-16-13(17-7-11)9-1-3-18(4-2-9)24(21,22)12-5-10(8-23-12)14(19)20/h5-9H,1-4H2,(H,19,20). The van der Waals surface area contributed by atoms with E-state index in [0.717, 1.165) is 11.3 Å². The fraction of sp³-hybridized carbons (Fsp3) is 0.357. The molecular weight excluding hydrogens is 374 g/mol. The summed E-state index contributed by atoms with van der Waals surface area (Å²) in [6.45, 7) is 0.693. The Kier molecular flexibility index (Phi) is 4.86. The second-order valence-electron chi connectivity index (χ2n) is 5.40. The number of hydrogen-bond donors (Lipinski definition) is 1. The molecule has 10 heteroatoms.